The molecule has 2 aromatic carbocycles. The van der Waals surface area contributed by atoms with Gasteiger partial charge in [0.05, 0.1) is 11.3 Å². The molecule has 0 N–H and O–H groups in total. The van der Waals surface area contributed by atoms with E-state index in [-0.39, 0.29) is 5.69 Å². The third kappa shape index (κ3) is 2.82. The summed E-state index contributed by atoms with van der Waals surface area (Å²) in [4.78, 5) is 4.11. The molecule has 3 aromatic rings. The molecule has 0 radical (unpaired) electrons. The van der Waals surface area contributed by atoms with E-state index in [0.29, 0.717) is 16.4 Å². The van der Waals surface area contributed by atoms with Crippen LogP contribution in [0.5, 0.6) is 0 Å². The second-order valence-corrected chi connectivity index (χ2v) is 4.99. The van der Waals surface area contributed by atoms with Crippen molar-refractivity contribution in [3.8, 4) is 17.1 Å². The molecular formula is C15H9ClF3N3. The average molecular weight is 324 g/mol. The van der Waals surface area contributed by atoms with E-state index in [1.165, 1.54) is 17.1 Å². The Morgan fingerprint density at radius 2 is 1.73 bits per heavy atom. The van der Waals surface area contributed by atoms with Crippen molar-refractivity contribution in [3.05, 3.63) is 65.4 Å². The zero-order valence-corrected chi connectivity index (χ0v) is 11.8. The molecule has 0 bridgehead atoms. The summed E-state index contributed by atoms with van der Waals surface area (Å²) in [5.41, 5.74) is 0.263. The predicted octanol–water partition coefficient (Wildman–Crippen LogP) is 4.61. The van der Waals surface area contributed by atoms with E-state index in [1.807, 2.05) is 0 Å². The third-order valence-electron chi connectivity index (χ3n) is 3.07. The van der Waals surface area contributed by atoms with Crippen LogP contribution in [0, 0.1) is 0 Å². The lowest BCUT2D eigenvalue weighted by Gasteiger charge is -2.10. The lowest BCUT2D eigenvalue weighted by molar-refractivity contribution is -0.137. The third-order valence-corrected chi connectivity index (χ3v) is 3.32. The Morgan fingerprint density at radius 1 is 1.00 bits per heavy atom. The van der Waals surface area contributed by atoms with E-state index in [1.54, 1.807) is 30.3 Å². The number of aromatic nitrogens is 3. The first-order valence-corrected chi connectivity index (χ1v) is 6.66. The van der Waals surface area contributed by atoms with Crippen LogP contribution in [0.25, 0.3) is 17.1 Å². The van der Waals surface area contributed by atoms with Gasteiger partial charge in [0, 0.05) is 10.6 Å². The van der Waals surface area contributed by atoms with Crippen molar-refractivity contribution in [1.29, 1.82) is 0 Å². The van der Waals surface area contributed by atoms with Gasteiger partial charge in [0.15, 0.2) is 5.82 Å². The van der Waals surface area contributed by atoms with Crippen LogP contribution in [0.4, 0.5) is 13.2 Å². The highest BCUT2D eigenvalue weighted by atomic mass is 35.5. The summed E-state index contributed by atoms with van der Waals surface area (Å²) >= 11 is 5.83. The maximum Gasteiger partial charge on any atom is 0.416 e. The molecular weight excluding hydrogens is 315 g/mol. The lowest BCUT2D eigenvalue weighted by Crippen LogP contribution is -2.07. The summed E-state index contributed by atoms with van der Waals surface area (Å²) in [5.74, 6) is 0.441. The van der Waals surface area contributed by atoms with Gasteiger partial charge in [-0.05, 0) is 42.5 Å². The van der Waals surface area contributed by atoms with Crippen molar-refractivity contribution in [2.45, 2.75) is 6.18 Å². The average Bonchev–Trinajstić information content (AvgIpc) is 2.97. The first-order chi connectivity index (χ1) is 10.4. The van der Waals surface area contributed by atoms with Gasteiger partial charge in [-0.15, -0.1) is 0 Å². The van der Waals surface area contributed by atoms with Crippen LogP contribution >= 0.6 is 11.6 Å². The van der Waals surface area contributed by atoms with Crippen LogP contribution in [-0.2, 0) is 6.18 Å². The van der Waals surface area contributed by atoms with Crippen molar-refractivity contribution in [1.82, 2.24) is 14.8 Å². The molecule has 0 aliphatic rings. The minimum Gasteiger partial charge on any atom is -0.215 e. The van der Waals surface area contributed by atoms with Crippen LogP contribution < -0.4 is 0 Å². The maximum absolute atomic E-state index is 12.8. The molecule has 22 heavy (non-hydrogen) atoms. The lowest BCUT2D eigenvalue weighted by atomic mass is 10.2. The maximum atomic E-state index is 12.8. The van der Waals surface area contributed by atoms with E-state index in [2.05, 4.69) is 10.1 Å². The molecule has 112 valence electrons. The molecule has 1 aromatic heterocycles. The van der Waals surface area contributed by atoms with Gasteiger partial charge in [-0.2, -0.15) is 18.3 Å². The van der Waals surface area contributed by atoms with Crippen LogP contribution in [0.3, 0.4) is 0 Å². The van der Waals surface area contributed by atoms with Crippen molar-refractivity contribution in [2.75, 3.05) is 0 Å². The minimum atomic E-state index is -4.41. The summed E-state index contributed by atoms with van der Waals surface area (Å²) in [6, 6.07) is 11.8. The molecule has 0 spiro atoms. The van der Waals surface area contributed by atoms with Crippen LogP contribution in [0.2, 0.25) is 5.02 Å². The standard InChI is InChI=1S/C15H9ClF3N3/c16-12-6-4-10(5-7-12)14-20-9-21-22(14)13-3-1-2-11(8-13)15(17,18)19/h1-9H. The van der Waals surface area contributed by atoms with Crippen molar-refractivity contribution >= 4 is 11.6 Å². The first-order valence-electron chi connectivity index (χ1n) is 6.29. The van der Waals surface area contributed by atoms with Gasteiger partial charge < -0.3 is 0 Å². The van der Waals surface area contributed by atoms with Gasteiger partial charge in [0.1, 0.15) is 6.33 Å². The summed E-state index contributed by atoms with van der Waals surface area (Å²) < 4.78 is 39.8. The zero-order chi connectivity index (χ0) is 15.7. The molecule has 0 atom stereocenters. The Hall–Kier alpha value is -2.34. The van der Waals surface area contributed by atoms with E-state index in [9.17, 15) is 13.2 Å². The highest BCUT2D eigenvalue weighted by Crippen LogP contribution is 2.31. The van der Waals surface area contributed by atoms with Gasteiger partial charge in [0.25, 0.3) is 0 Å². The molecule has 3 nitrogen and oxygen atoms in total. The highest BCUT2D eigenvalue weighted by Gasteiger charge is 2.30. The van der Waals surface area contributed by atoms with Gasteiger partial charge >= 0.3 is 6.18 Å². The largest absolute Gasteiger partial charge is 0.416 e. The highest BCUT2D eigenvalue weighted by molar-refractivity contribution is 6.30. The van der Waals surface area contributed by atoms with Gasteiger partial charge in [-0.1, -0.05) is 17.7 Å². The Morgan fingerprint density at radius 3 is 2.41 bits per heavy atom. The Bertz CT molecular complexity index is 794. The monoisotopic (exact) mass is 323 g/mol. The van der Waals surface area contributed by atoms with Crippen LogP contribution in [0.15, 0.2) is 54.9 Å². The molecule has 3 rings (SSSR count). The van der Waals surface area contributed by atoms with Crippen molar-refractivity contribution < 1.29 is 13.2 Å². The normalized spacial score (nSPS) is 11.6. The van der Waals surface area contributed by atoms with Gasteiger partial charge in [-0.25, -0.2) is 9.67 Å². The van der Waals surface area contributed by atoms with E-state index in [4.69, 9.17) is 11.6 Å². The minimum absolute atomic E-state index is 0.289. The molecule has 0 saturated heterocycles. The molecule has 7 heteroatoms. The van der Waals surface area contributed by atoms with Crippen molar-refractivity contribution in [2.24, 2.45) is 0 Å². The SMILES string of the molecule is FC(F)(F)c1cccc(-n2ncnc2-c2ccc(Cl)cc2)c1. The topological polar surface area (TPSA) is 30.7 Å². The van der Waals surface area contributed by atoms with E-state index >= 15 is 0 Å². The number of halogens is 4. The fourth-order valence-corrected chi connectivity index (χ4v) is 2.17. The Balaban J connectivity index is 2.07. The number of nitrogens with zero attached hydrogens (tertiary/aromatic N) is 3. The summed E-state index contributed by atoms with van der Waals surface area (Å²) in [7, 11) is 0. The number of hydrogen-bond acceptors (Lipinski definition) is 2. The molecule has 0 unspecified atom stereocenters. The molecule has 1 heterocycles. The number of alkyl halides is 3. The summed E-state index contributed by atoms with van der Waals surface area (Å²) in [5, 5.41) is 4.58. The van der Waals surface area contributed by atoms with Crippen LogP contribution in [-0.4, -0.2) is 14.8 Å². The van der Waals surface area contributed by atoms with E-state index < -0.39 is 11.7 Å². The quantitative estimate of drug-likeness (QED) is 0.689. The number of benzene rings is 2. The van der Waals surface area contributed by atoms with Crippen LogP contribution in [0.1, 0.15) is 5.56 Å². The summed E-state index contributed by atoms with van der Waals surface area (Å²) in [6.45, 7) is 0. The Kier molecular flexibility index (Phi) is 3.62. The summed E-state index contributed by atoms with van der Waals surface area (Å²) in [6.07, 6.45) is -3.11. The fourth-order valence-electron chi connectivity index (χ4n) is 2.04. The van der Waals surface area contributed by atoms with Gasteiger partial charge in [-0.3, -0.25) is 0 Å². The first kappa shape index (κ1) is 14.6. The molecule has 0 aliphatic heterocycles. The molecule has 0 fully saturated rings. The number of hydrogen-bond donors (Lipinski definition) is 0. The van der Waals surface area contributed by atoms with Crippen molar-refractivity contribution in [3.63, 3.8) is 0 Å². The van der Waals surface area contributed by atoms with Gasteiger partial charge in [0.2, 0.25) is 0 Å². The second-order valence-electron chi connectivity index (χ2n) is 4.55. The molecule has 0 amide bonds. The molecule has 0 saturated carbocycles. The van der Waals surface area contributed by atoms with E-state index in [0.717, 1.165) is 12.1 Å². The Labute approximate surface area is 129 Å². The second kappa shape index (κ2) is 5.46. The number of rotatable bonds is 2. The predicted molar refractivity (Wildman–Crippen MR) is 76.8 cm³/mol. The molecule has 0 aliphatic carbocycles. The smallest absolute Gasteiger partial charge is 0.215 e. The fraction of sp³-hybridized carbons (Fsp3) is 0.0667. The zero-order valence-electron chi connectivity index (χ0n) is 11.0.